The second-order valence-corrected chi connectivity index (χ2v) is 6.15. The van der Waals surface area contributed by atoms with Gasteiger partial charge in [0.2, 0.25) is 0 Å². The number of hydrogen-bond acceptors (Lipinski definition) is 3. The van der Waals surface area contributed by atoms with Crippen LogP contribution < -0.4 is 15.5 Å². The molecule has 3 rings (SSSR count). The normalized spacial score (nSPS) is 14.5. The van der Waals surface area contributed by atoms with Crippen molar-refractivity contribution in [2.75, 3.05) is 23.3 Å². The van der Waals surface area contributed by atoms with Crippen LogP contribution in [0.1, 0.15) is 26.7 Å². The van der Waals surface area contributed by atoms with E-state index in [2.05, 4.69) is 20.5 Å². The number of amides is 2. The Hall–Kier alpha value is -2.37. The van der Waals surface area contributed by atoms with Crippen LogP contribution in [0.25, 0.3) is 10.9 Å². The quantitative estimate of drug-likeness (QED) is 0.911. The van der Waals surface area contributed by atoms with Gasteiger partial charge in [-0.2, -0.15) is 0 Å². The molecule has 0 bridgehead atoms. The molecule has 122 valence electrons. The third kappa shape index (κ3) is 3.52. The molecule has 2 aromatic rings. The maximum Gasteiger partial charge on any atom is 0.319 e. The van der Waals surface area contributed by atoms with Crippen LogP contribution in [0.5, 0.6) is 0 Å². The monoisotopic (exact) mass is 316 g/mol. The van der Waals surface area contributed by atoms with Gasteiger partial charge in [-0.1, -0.05) is 0 Å². The highest BCUT2D eigenvalue weighted by Crippen LogP contribution is 2.26. The molecule has 0 unspecified atom stereocenters. The number of benzene rings is 1. The molecular weight excluding hydrogens is 295 g/mol. The van der Waals surface area contributed by atoms with E-state index in [1.165, 1.54) is 6.07 Å². The molecule has 1 saturated heterocycles. The standard InChI is InChI=1S/C17H21FN4O/c1-11(2)19-17(23)20-13-9-12-5-6-15(22-7-3-4-8-22)21-16(12)14(18)10-13/h5-6,9-11H,3-4,7-8H2,1-2H3,(H2,19,20,23). The van der Waals surface area contributed by atoms with Gasteiger partial charge in [0.25, 0.3) is 0 Å². The first-order valence-electron chi connectivity index (χ1n) is 7.96. The SMILES string of the molecule is CC(C)NC(=O)Nc1cc(F)c2nc(N3CCCC3)ccc2c1. The highest BCUT2D eigenvalue weighted by atomic mass is 19.1. The van der Waals surface area contributed by atoms with Gasteiger partial charge in [-0.15, -0.1) is 0 Å². The summed E-state index contributed by atoms with van der Waals surface area (Å²) in [5.41, 5.74) is 0.757. The first kappa shape index (κ1) is 15.5. The Morgan fingerprint density at radius 3 is 2.70 bits per heavy atom. The van der Waals surface area contributed by atoms with E-state index >= 15 is 0 Å². The van der Waals surface area contributed by atoms with E-state index in [-0.39, 0.29) is 12.1 Å². The van der Waals surface area contributed by atoms with E-state index in [1.54, 1.807) is 6.07 Å². The van der Waals surface area contributed by atoms with Gasteiger partial charge in [-0.05, 0) is 51.0 Å². The van der Waals surface area contributed by atoms with E-state index in [0.717, 1.165) is 31.7 Å². The number of urea groups is 1. The number of fused-ring (bicyclic) bond motifs is 1. The van der Waals surface area contributed by atoms with Crippen molar-refractivity contribution >= 4 is 28.4 Å². The van der Waals surface area contributed by atoms with Crippen molar-refractivity contribution in [2.45, 2.75) is 32.7 Å². The van der Waals surface area contributed by atoms with Gasteiger partial charge in [0, 0.05) is 30.2 Å². The Labute approximate surface area is 134 Å². The van der Waals surface area contributed by atoms with E-state index in [9.17, 15) is 9.18 Å². The van der Waals surface area contributed by atoms with Gasteiger partial charge in [0.1, 0.15) is 11.3 Å². The summed E-state index contributed by atoms with van der Waals surface area (Å²) in [4.78, 5) is 18.3. The Balaban J connectivity index is 1.87. The lowest BCUT2D eigenvalue weighted by atomic mass is 10.2. The van der Waals surface area contributed by atoms with Crippen molar-refractivity contribution in [2.24, 2.45) is 0 Å². The lowest BCUT2D eigenvalue weighted by Gasteiger charge is -2.17. The van der Waals surface area contributed by atoms with Crippen molar-refractivity contribution in [3.63, 3.8) is 0 Å². The minimum absolute atomic E-state index is 0.0185. The number of nitrogens with zero attached hydrogens (tertiary/aromatic N) is 2. The summed E-state index contributed by atoms with van der Waals surface area (Å²) in [6, 6.07) is 6.47. The molecule has 2 heterocycles. The smallest absolute Gasteiger partial charge is 0.319 e. The molecule has 0 atom stereocenters. The van der Waals surface area contributed by atoms with Crippen LogP contribution in [-0.2, 0) is 0 Å². The summed E-state index contributed by atoms with van der Waals surface area (Å²) in [6.45, 7) is 5.67. The highest BCUT2D eigenvalue weighted by Gasteiger charge is 2.15. The van der Waals surface area contributed by atoms with Gasteiger partial charge < -0.3 is 15.5 Å². The molecule has 0 spiro atoms. The molecule has 0 saturated carbocycles. The van der Waals surface area contributed by atoms with Gasteiger partial charge in [-0.25, -0.2) is 14.2 Å². The number of nitrogens with one attached hydrogen (secondary N) is 2. The first-order chi connectivity index (χ1) is 11.0. The van der Waals surface area contributed by atoms with Gasteiger partial charge >= 0.3 is 6.03 Å². The van der Waals surface area contributed by atoms with Gasteiger partial charge in [-0.3, -0.25) is 0 Å². The third-order valence-corrected chi connectivity index (χ3v) is 3.84. The Bertz CT molecular complexity index is 726. The van der Waals surface area contributed by atoms with Crippen molar-refractivity contribution in [3.8, 4) is 0 Å². The van der Waals surface area contributed by atoms with E-state index in [1.807, 2.05) is 26.0 Å². The number of hydrogen-bond donors (Lipinski definition) is 2. The summed E-state index contributed by atoms with van der Waals surface area (Å²) < 4.78 is 14.4. The summed E-state index contributed by atoms with van der Waals surface area (Å²) >= 11 is 0. The fraction of sp³-hybridized carbons (Fsp3) is 0.412. The van der Waals surface area contributed by atoms with E-state index in [4.69, 9.17) is 0 Å². The predicted octanol–water partition coefficient (Wildman–Crippen LogP) is 3.50. The number of aromatic nitrogens is 1. The van der Waals surface area contributed by atoms with Crippen molar-refractivity contribution in [1.29, 1.82) is 0 Å². The van der Waals surface area contributed by atoms with Gasteiger partial charge in [0.15, 0.2) is 5.82 Å². The number of rotatable bonds is 3. The minimum Gasteiger partial charge on any atom is -0.357 e. The zero-order chi connectivity index (χ0) is 16.4. The van der Waals surface area contributed by atoms with Crippen molar-refractivity contribution < 1.29 is 9.18 Å². The predicted molar refractivity (Wildman–Crippen MR) is 90.4 cm³/mol. The molecular formula is C17H21FN4O. The van der Waals surface area contributed by atoms with Crippen molar-refractivity contribution in [1.82, 2.24) is 10.3 Å². The maximum absolute atomic E-state index is 14.4. The molecule has 0 radical (unpaired) electrons. The van der Waals surface area contributed by atoms with E-state index in [0.29, 0.717) is 16.6 Å². The highest BCUT2D eigenvalue weighted by molar-refractivity contribution is 5.93. The number of halogens is 1. The van der Waals surface area contributed by atoms with Gasteiger partial charge in [0.05, 0.1) is 0 Å². The Morgan fingerprint density at radius 1 is 1.26 bits per heavy atom. The summed E-state index contributed by atoms with van der Waals surface area (Å²) in [6.07, 6.45) is 2.30. The maximum atomic E-state index is 14.4. The average Bonchev–Trinajstić information content (AvgIpc) is 3.00. The fourth-order valence-electron chi connectivity index (χ4n) is 2.81. The number of carbonyl (C=O) groups excluding carboxylic acids is 1. The van der Waals surface area contributed by atoms with E-state index < -0.39 is 5.82 Å². The lowest BCUT2D eigenvalue weighted by Crippen LogP contribution is -2.34. The first-order valence-corrected chi connectivity index (χ1v) is 7.96. The van der Waals surface area contributed by atoms with Crippen LogP contribution >= 0.6 is 0 Å². The molecule has 2 N–H and O–H groups in total. The lowest BCUT2D eigenvalue weighted by molar-refractivity contribution is 0.250. The molecule has 1 aromatic heterocycles. The van der Waals surface area contributed by atoms with Crippen LogP contribution in [0.2, 0.25) is 0 Å². The van der Waals surface area contributed by atoms with Crippen LogP contribution in [0.4, 0.5) is 20.7 Å². The van der Waals surface area contributed by atoms with Crippen LogP contribution in [-0.4, -0.2) is 30.1 Å². The summed E-state index contributed by atoms with van der Waals surface area (Å²) in [5.74, 6) is 0.385. The molecule has 5 nitrogen and oxygen atoms in total. The minimum atomic E-state index is -0.427. The molecule has 1 aromatic carbocycles. The summed E-state index contributed by atoms with van der Waals surface area (Å²) in [7, 11) is 0. The second kappa shape index (κ2) is 6.40. The fourth-order valence-corrected chi connectivity index (χ4v) is 2.81. The molecule has 23 heavy (non-hydrogen) atoms. The molecule has 1 fully saturated rings. The third-order valence-electron chi connectivity index (χ3n) is 3.84. The number of pyridine rings is 1. The number of carbonyl (C=O) groups is 1. The Morgan fingerprint density at radius 2 is 2.00 bits per heavy atom. The zero-order valence-corrected chi connectivity index (χ0v) is 13.4. The molecule has 2 amide bonds. The Kier molecular flexibility index (Phi) is 4.32. The average molecular weight is 316 g/mol. The molecule has 1 aliphatic heterocycles. The topological polar surface area (TPSA) is 57.3 Å². The van der Waals surface area contributed by atoms with Crippen molar-refractivity contribution in [3.05, 3.63) is 30.1 Å². The molecule has 0 aliphatic carbocycles. The summed E-state index contributed by atoms with van der Waals surface area (Å²) in [5, 5.41) is 6.03. The van der Waals surface area contributed by atoms with Crippen LogP contribution in [0.15, 0.2) is 24.3 Å². The zero-order valence-electron chi connectivity index (χ0n) is 13.4. The molecule has 6 heteroatoms. The molecule has 1 aliphatic rings. The number of anilines is 2. The van der Waals surface area contributed by atoms with Crippen LogP contribution in [0, 0.1) is 5.82 Å². The second-order valence-electron chi connectivity index (χ2n) is 6.15. The van der Waals surface area contributed by atoms with Crippen LogP contribution in [0.3, 0.4) is 0 Å². The largest absolute Gasteiger partial charge is 0.357 e.